The van der Waals surface area contributed by atoms with Gasteiger partial charge in [0.2, 0.25) is 0 Å². The first-order valence-electron chi connectivity index (χ1n) is 5.45. The minimum absolute atomic E-state index is 0.0965. The summed E-state index contributed by atoms with van der Waals surface area (Å²) in [5.41, 5.74) is 6.65. The Morgan fingerprint density at radius 1 is 1.56 bits per heavy atom. The van der Waals surface area contributed by atoms with Crippen LogP contribution in [-0.4, -0.2) is 32.8 Å². The highest BCUT2D eigenvalue weighted by molar-refractivity contribution is 7.80. The molecule has 0 amide bonds. The summed E-state index contributed by atoms with van der Waals surface area (Å²) >= 11 is 4.97. The summed E-state index contributed by atoms with van der Waals surface area (Å²) in [6, 6.07) is 2.52. The molecule has 1 heterocycles. The minimum Gasteiger partial charge on any atom is -0.392 e. The van der Waals surface area contributed by atoms with Crippen LogP contribution < -0.4 is 5.73 Å². The summed E-state index contributed by atoms with van der Waals surface area (Å²) < 4.78 is 1.95. The lowest BCUT2D eigenvalue weighted by Crippen LogP contribution is -2.38. The van der Waals surface area contributed by atoms with Crippen LogP contribution in [0.25, 0.3) is 0 Å². The number of nitrogens with two attached hydrogens (primary N) is 1. The highest BCUT2D eigenvalue weighted by Gasteiger charge is 2.13. The van der Waals surface area contributed by atoms with Gasteiger partial charge in [0.25, 0.3) is 0 Å². The largest absolute Gasteiger partial charge is 0.392 e. The summed E-state index contributed by atoms with van der Waals surface area (Å²) in [6.45, 7) is 6.98. The van der Waals surface area contributed by atoms with Crippen LogP contribution in [0, 0.1) is 0 Å². The average Bonchev–Trinajstić information content (AvgIpc) is 2.64. The molecular formula is C11H20N4S. The van der Waals surface area contributed by atoms with Crippen LogP contribution in [0.1, 0.15) is 32.5 Å². The second-order valence-electron chi connectivity index (χ2n) is 4.37. The number of rotatable bonds is 5. The molecule has 16 heavy (non-hydrogen) atoms. The zero-order chi connectivity index (χ0) is 12.3. The standard InChI is InChI=1S/C11H20N4S/c1-8(2)15-6-5-10(13-15)7-14(4)9(3)11(12)16/h5-6,8-9H,7H2,1-4H3,(H2,12,16). The highest BCUT2D eigenvalue weighted by atomic mass is 32.1. The molecule has 0 spiro atoms. The van der Waals surface area contributed by atoms with Gasteiger partial charge in [0, 0.05) is 18.8 Å². The molecule has 0 saturated heterocycles. The molecular weight excluding hydrogens is 220 g/mol. The molecule has 90 valence electrons. The minimum atomic E-state index is 0.0965. The third kappa shape index (κ3) is 3.28. The lowest BCUT2D eigenvalue weighted by atomic mass is 10.3. The Labute approximate surface area is 102 Å². The monoisotopic (exact) mass is 240 g/mol. The maximum atomic E-state index is 5.61. The summed E-state index contributed by atoms with van der Waals surface area (Å²) in [6.07, 6.45) is 2.00. The van der Waals surface area contributed by atoms with Gasteiger partial charge in [-0.1, -0.05) is 12.2 Å². The lowest BCUT2D eigenvalue weighted by molar-refractivity contribution is 0.298. The fourth-order valence-corrected chi connectivity index (χ4v) is 1.54. The smallest absolute Gasteiger partial charge is 0.0899 e. The Kier molecular flexibility index (Phi) is 4.44. The summed E-state index contributed by atoms with van der Waals surface area (Å²) in [7, 11) is 2.00. The highest BCUT2D eigenvalue weighted by Crippen LogP contribution is 2.07. The fourth-order valence-electron chi connectivity index (χ4n) is 1.36. The van der Waals surface area contributed by atoms with E-state index in [4.69, 9.17) is 18.0 Å². The van der Waals surface area contributed by atoms with E-state index in [9.17, 15) is 0 Å². The molecule has 0 aromatic carbocycles. The van der Waals surface area contributed by atoms with Crippen molar-refractivity contribution in [2.75, 3.05) is 7.05 Å². The van der Waals surface area contributed by atoms with Crippen molar-refractivity contribution in [3.63, 3.8) is 0 Å². The Morgan fingerprint density at radius 2 is 2.19 bits per heavy atom. The SMILES string of the molecule is CC(C(N)=S)N(C)Cc1ccn(C(C)C)n1. The average molecular weight is 240 g/mol. The van der Waals surface area contributed by atoms with E-state index >= 15 is 0 Å². The second-order valence-corrected chi connectivity index (χ2v) is 4.85. The van der Waals surface area contributed by atoms with E-state index in [-0.39, 0.29) is 6.04 Å². The molecule has 0 aliphatic heterocycles. The molecule has 0 aliphatic carbocycles. The molecule has 1 atom stereocenters. The Hall–Kier alpha value is -0.940. The third-order valence-corrected chi connectivity index (χ3v) is 3.02. The lowest BCUT2D eigenvalue weighted by Gasteiger charge is -2.22. The first-order valence-corrected chi connectivity index (χ1v) is 5.86. The van der Waals surface area contributed by atoms with Gasteiger partial charge in [-0.3, -0.25) is 9.58 Å². The molecule has 2 N–H and O–H groups in total. The van der Waals surface area contributed by atoms with Crippen molar-refractivity contribution < 1.29 is 0 Å². The van der Waals surface area contributed by atoms with Crippen molar-refractivity contribution in [1.82, 2.24) is 14.7 Å². The van der Waals surface area contributed by atoms with Crippen LogP contribution in [0.3, 0.4) is 0 Å². The topological polar surface area (TPSA) is 47.1 Å². The van der Waals surface area contributed by atoms with E-state index in [0.717, 1.165) is 12.2 Å². The second kappa shape index (κ2) is 5.41. The first-order chi connectivity index (χ1) is 7.41. The number of likely N-dealkylation sites (N-methyl/N-ethyl adjacent to an activating group) is 1. The molecule has 4 nitrogen and oxygen atoms in total. The zero-order valence-corrected chi connectivity index (χ0v) is 11.2. The summed E-state index contributed by atoms with van der Waals surface area (Å²) in [5.74, 6) is 0. The van der Waals surface area contributed by atoms with E-state index < -0.39 is 0 Å². The Bertz CT molecular complexity index is 359. The first kappa shape index (κ1) is 13.1. The van der Waals surface area contributed by atoms with Gasteiger partial charge >= 0.3 is 0 Å². The van der Waals surface area contributed by atoms with Gasteiger partial charge in [-0.2, -0.15) is 5.10 Å². The van der Waals surface area contributed by atoms with E-state index in [1.54, 1.807) is 0 Å². The zero-order valence-electron chi connectivity index (χ0n) is 10.3. The number of aromatic nitrogens is 2. The van der Waals surface area contributed by atoms with E-state index in [1.165, 1.54) is 0 Å². The van der Waals surface area contributed by atoms with Crippen molar-refractivity contribution in [2.45, 2.75) is 39.4 Å². The maximum Gasteiger partial charge on any atom is 0.0899 e. The van der Waals surface area contributed by atoms with Gasteiger partial charge < -0.3 is 5.73 Å². The Balaban J connectivity index is 2.62. The van der Waals surface area contributed by atoms with Crippen molar-refractivity contribution in [1.29, 1.82) is 0 Å². The van der Waals surface area contributed by atoms with Gasteiger partial charge in [-0.05, 0) is 33.9 Å². The number of hydrogen-bond acceptors (Lipinski definition) is 3. The van der Waals surface area contributed by atoms with E-state index in [2.05, 4.69) is 23.8 Å². The van der Waals surface area contributed by atoms with Crippen LogP contribution in [0.5, 0.6) is 0 Å². The maximum absolute atomic E-state index is 5.61. The van der Waals surface area contributed by atoms with Crippen molar-refractivity contribution in [3.05, 3.63) is 18.0 Å². The Morgan fingerprint density at radius 3 is 2.62 bits per heavy atom. The fraction of sp³-hybridized carbons (Fsp3) is 0.636. The molecule has 0 aliphatic rings. The van der Waals surface area contributed by atoms with Gasteiger partial charge in [0.1, 0.15) is 0 Å². The molecule has 0 radical (unpaired) electrons. The van der Waals surface area contributed by atoms with Crippen LogP contribution in [0.15, 0.2) is 12.3 Å². The van der Waals surface area contributed by atoms with Gasteiger partial charge in [-0.25, -0.2) is 0 Å². The molecule has 0 bridgehead atoms. The third-order valence-electron chi connectivity index (χ3n) is 2.68. The van der Waals surface area contributed by atoms with E-state index in [1.807, 2.05) is 30.9 Å². The number of hydrogen-bond donors (Lipinski definition) is 1. The molecule has 1 aromatic rings. The van der Waals surface area contributed by atoms with Crippen molar-refractivity contribution in [2.24, 2.45) is 5.73 Å². The molecule has 1 rings (SSSR count). The van der Waals surface area contributed by atoms with E-state index in [0.29, 0.717) is 11.0 Å². The van der Waals surface area contributed by atoms with Crippen molar-refractivity contribution >= 4 is 17.2 Å². The van der Waals surface area contributed by atoms with Crippen LogP contribution >= 0.6 is 12.2 Å². The van der Waals surface area contributed by atoms with Gasteiger partial charge in [-0.15, -0.1) is 0 Å². The molecule has 0 fully saturated rings. The molecule has 0 saturated carbocycles. The van der Waals surface area contributed by atoms with Crippen molar-refractivity contribution in [3.8, 4) is 0 Å². The summed E-state index contributed by atoms with van der Waals surface area (Å²) in [5, 5.41) is 4.48. The summed E-state index contributed by atoms with van der Waals surface area (Å²) in [4.78, 5) is 2.61. The predicted molar refractivity (Wildman–Crippen MR) is 70.3 cm³/mol. The quantitative estimate of drug-likeness (QED) is 0.794. The molecule has 5 heteroatoms. The molecule has 1 aromatic heterocycles. The van der Waals surface area contributed by atoms with Gasteiger partial charge in [0.15, 0.2) is 0 Å². The van der Waals surface area contributed by atoms with Crippen LogP contribution in [0.4, 0.5) is 0 Å². The predicted octanol–water partition coefficient (Wildman–Crippen LogP) is 1.57. The number of nitrogens with zero attached hydrogens (tertiary/aromatic N) is 3. The normalized spacial score (nSPS) is 13.4. The number of thiocarbonyl (C=S) groups is 1. The van der Waals surface area contributed by atoms with Crippen LogP contribution in [0.2, 0.25) is 0 Å². The molecule has 1 unspecified atom stereocenters. The van der Waals surface area contributed by atoms with Gasteiger partial charge in [0.05, 0.1) is 16.7 Å². The van der Waals surface area contributed by atoms with Crippen LogP contribution in [-0.2, 0) is 6.54 Å².